The fraction of sp³-hybridized carbons (Fsp3) is 0.429. The fourth-order valence-corrected chi connectivity index (χ4v) is 2.11. The molecule has 2 aromatic rings. The van der Waals surface area contributed by atoms with E-state index in [0.717, 1.165) is 11.3 Å². The molecular formula is C14H17N3O2. The summed E-state index contributed by atoms with van der Waals surface area (Å²) in [5.74, 6) is 2.19. The topological polar surface area (TPSA) is 74.2 Å². The quantitative estimate of drug-likeness (QED) is 0.910. The summed E-state index contributed by atoms with van der Waals surface area (Å²) in [6.45, 7) is 5.00. The molecule has 1 aliphatic heterocycles. The highest BCUT2D eigenvalue weighted by atomic mass is 16.5. The molecule has 1 aromatic carbocycles. The minimum Gasteiger partial charge on any atom is -0.492 e. The third-order valence-electron chi connectivity index (χ3n) is 3.54. The molecule has 5 nitrogen and oxygen atoms in total. The van der Waals surface area contributed by atoms with Crippen LogP contribution in [-0.2, 0) is 5.41 Å². The Morgan fingerprint density at radius 3 is 2.95 bits per heavy atom. The lowest BCUT2D eigenvalue weighted by Gasteiger charge is -2.15. The van der Waals surface area contributed by atoms with Crippen molar-refractivity contribution in [3.05, 3.63) is 41.5 Å². The number of hydrogen-bond donors (Lipinski definition) is 1. The summed E-state index contributed by atoms with van der Waals surface area (Å²) in [7, 11) is 0. The Balaban J connectivity index is 1.93. The number of hydrogen-bond acceptors (Lipinski definition) is 5. The van der Waals surface area contributed by atoms with E-state index in [0.29, 0.717) is 24.9 Å². The number of nitrogens with zero attached hydrogens (tertiary/aromatic N) is 2. The molecule has 2 heterocycles. The number of para-hydroxylation sites is 1. The number of nitrogens with two attached hydrogens (primary N) is 1. The average molecular weight is 259 g/mol. The number of fused-ring (bicyclic) bond motifs is 1. The lowest BCUT2D eigenvalue weighted by Crippen LogP contribution is -2.28. The SMILES string of the molecule is CC(C)(CN)c1nc(C2COc3ccccc32)no1. The van der Waals surface area contributed by atoms with Gasteiger partial charge in [0, 0.05) is 12.1 Å². The van der Waals surface area contributed by atoms with Gasteiger partial charge in [-0.3, -0.25) is 0 Å². The van der Waals surface area contributed by atoms with Gasteiger partial charge in [-0.2, -0.15) is 4.98 Å². The molecule has 0 radical (unpaired) electrons. The maximum Gasteiger partial charge on any atom is 0.233 e. The van der Waals surface area contributed by atoms with Gasteiger partial charge in [0.2, 0.25) is 5.89 Å². The van der Waals surface area contributed by atoms with Crippen LogP contribution in [0, 0.1) is 0 Å². The van der Waals surface area contributed by atoms with E-state index in [4.69, 9.17) is 15.0 Å². The van der Waals surface area contributed by atoms with Crippen molar-refractivity contribution in [2.45, 2.75) is 25.2 Å². The summed E-state index contributed by atoms with van der Waals surface area (Å²) in [5, 5.41) is 4.09. The molecule has 0 aliphatic carbocycles. The Bertz CT molecular complexity index is 592. The molecule has 100 valence electrons. The van der Waals surface area contributed by atoms with Crippen LogP contribution >= 0.6 is 0 Å². The van der Waals surface area contributed by atoms with Gasteiger partial charge < -0.3 is 15.0 Å². The van der Waals surface area contributed by atoms with Crippen LogP contribution in [0.15, 0.2) is 28.8 Å². The molecular weight excluding hydrogens is 242 g/mol. The third-order valence-corrected chi connectivity index (χ3v) is 3.54. The second kappa shape index (κ2) is 4.35. The molecule has 2 N–H and O–H groups in total. The largest absolute Gasteiger partial charge is 0.492 e. The monoisotopic (exact) mass is 259 g/mol. The standard InChI is InChI=1S/C14H17N3O2/c1-14(2,8-15)13-16-12(17-19-13)10-7-18-11-6-4-3-5-9(10)11/h3-6,10H,7-8,15H2,1-2H3. The molecule has 0 fully saturated rings. The van der Waals surface area contributed by atoms with Crippen molar-refractivity contribution in [3.63, 3.8) is 0 Å². The number of benzene rings is 1. The molecule has 19 heavy (non-hydrogen) atoms. The van der Waals surface area contributed by atoms with Gasteiger partial charge >= 0.3 is 0 Å². The van der Waals surface area contributed by atoms with Gasteiger partial charge in [-0.1, -0.05) is 23.4 Å². The average Bonchev–Trinajstić information content (AvgIpc) is 3.05. The second-order valence-corrected chi connectivity index (χ2v) is 5.45. The zero-order chi connectivity index (χ0) is 13.5. The molecule has 5 heteroatoms. The highest BCUT2D eigenvalue weighted by molar-refractivity contribution is 5.42. The molecule has 3 rings (SSSR count). The maximum atomic E-state index is 5.73. The highest BCUT2D eigenvalue weighted by Crippen LogP contribution is 2.37. The summed E-state index contributed by atoms with van der Waals surface area (Å²) in [5.41, 5.74) is 6.54. The molecule has 0 saturated heterocycles. The number of rotatable bonds is 3. The Hall–Kier alpha value is -1.88. The highest BCUT2D eigenvalue weighted by Gasteiger charge is 2.32. The minimum absolute atomic E-state index is 0.0438. The van der Waals surface area contributed by atoms with E-state index >= 15 is 0 Å². The summed E-state index contributed by atoms with van der Waals surface area (Å²) in [4.78, 5) is 4.50. The Morgan fingerprint density at radius 2 is 2.16 bits per heavy atom. The molecule has 1 unspecified atom stereocenters. The Kier molecular flexibility index (Phi) is 2.78. The van der Waals surface area contributed by atoms with Crippen molar-refractivity contribution >= 4 is 0 Å². The van der Waals surface area contributed by atoms with E-state index in [1.807, 2.05) is 38.1 Å². The van der Waals surface area contributed by atoms with Gasteiger partial charge in [-0.15, -0.1) is 0 Å². The van der Waals surface area contributed by atoms with E-state index < -0.39 is 0 Å². The Morgan fingerprint density at radius 1 is 1.37 bits per heavy atom. The predicted molar refractivity (Wildman–Crippen MR) is 70.2 cm³/mol. The predicted octanol–water partition coefficient (Wildman–Crippen LogP) is 1.83. The van der Waals surface area contributed by atoms with Crippen molar-refractivity contribution in [1.29, 1.82) is 0 Å². The Labute approximate surface area is 111 Å². The lowest BCUT2D eigenvalue weighted by molar-refractivity contribution is 0.304. The van der Waals surface area contributed by atoms with Crippen LogP contribution in [0.1, 0.15) is 37.0 Å². The van der Waals surface area contributed by atoms with E-state index in [2.05, 4.69) is 10.1 Å². The van der Waals surface area contributed by atoms with Crippen LogP contribution in [0.3, 0.4) is 0 Å². The van der Waals surface area contributed by atoms with Gasteiger partial charge in [0.15, 0.2) is 5.82 Å². The van der Waals surface area contributed by atoms with Crippen molar-refractivity contribution in [1.82, 2.24) is 10.1 Å². The summed E-state index contributed by atoms with van der Waals surface area (Å²) in [6.07, 6.45) is 0. The normalized spacial score (nSPS) is 18.2. The summed E-state index contributed by atoms with van der Waals surface area (Å²) >= 11 is 0. The fourth-order valence-electron chi connectivity index (χ4n) is 2.11. The number of ether oxygens (including phenoxy) is 1. The van der Waals surface area contributed by atoms with E-state index in [9.17, 15) is 0 Å². The van der Waals surface area contributed by atoms with Crippen molar-refractivity contribution in [2.75, 3.05) is 13.2 Å². The molecule has 0 bridgehead atoms. The second-order valence-electron chi connectivity index (χ2n) is 5.45. The number of aromatic nitrogens is 2. The van der Waals surface area contributed by atoms with Gasteiger partial charge in [-0.05, 0) is 19.9 Å². The van der Waals surface area contributed by atoms with Crippen molar-refractivity contribution < 1.29 is 9.26 Å². The zero-order valence-electron chi connectivity index (χ0n) is 11.1. The van der Waals surface area contributed by atoms with E-state index in [1.54, 1.807) is 0 Å². The molecule has 0 saturated carbocycles. The summed E-state index contributed by atoms with van der Waals surface area (Å²) < 4.78 is 11.0. The van der Waals surface area contributed by atoms with Crippen molar-refractivity contribution in [3.8, 4) is 5.75 Å². The summed E-state index contributed by atoms with van der Waals surface area (Å²) in [6, 6.07) is 7.95. The maximum absolute atomic E-state index is 5.73. The van der Waals surface area contributed by atoms with Crippen LogP contribution in [0.5, 0.6) is 5.75 Å². The first kappa shape index (κ1) is 12.2. The molecule has 1 aliphatic rings. The molecule has 1 atom stereocenters. The van der Waals surface area contributed by atoms with Gasteiger partial charge in [-0.25, -0.2) is 0 Å². The van der Waals surface area contributed by atoms with Crippen LogP contribution in [0.25, 0.3) is 0 Å². The van der Waals surface area contributed by atoms with Crippen LogP contribution in [0.2, 0.25) is 0 Å². The first-order valence-corrected chi connectivity index (χ1v) is 6.38. The molecule has 0 spiro atoms. The minimum atomic E-state index is -0.301. The van der Waals surface area contributed by atoms with Crippen LogP contribution < -0.4 is 10.5 Å². The van der Waals surface area contributed by atoms with E-state index in [1.165, 1.54) is 0 Å². The van der Waals surface area contributed by atoms with E-state index in [-0.39, 0.29) is 11.3 Å². The van der Waals surface area contributed by atoms with Crippen LogP contribution in [-0.4, -0.2) is 23.3 Å². The third kappa shape index (κ3) is 2.00. The van der Waals surface area contributed by atoms with Gasteiger partial charge in [0.1, 0.15) is 12.4 Å². The first-order chi connectivity index (χ1) is 9.12. The zero-order valence-corrected chi connectivity index (χ0v) is 11.1. The van der Waals surface area contributed by atoms with Gasteiger partial charge in [0.25, 0.3) is 0 Å². The lowest BCUT2D eigenvalue weighted by atomic mass is 9.94. The smallest absolute Gasteiger partial charge is 0.233 e. The van der Waals surface area contributed by atoms with Crippen LogP contribution in [0.4, 0.5) is 0 Å². The molecule has 0 amide bonds. The van der Waals surface area contributed by atoms with Crippen molar-refractivity contribution in [2.24, 2.45) is 5.73 Å². The first-order valence-electron chi connectivity index (χ1n) is 6.38. The van der Waals surface area contributed by atoms with Gasteiger partial charge in [0.05, 0.1) is 11.3 Å². The molecule has 1 aromatic heterocycles.